The zero-order chi connectivity index (χ0) is 16.8. The SMILES string of the molecule is CC(Oc1cccc(Cl)c1CN(C)C)N(C)Cc1ccccc1. The van der Waals surface area contributed by atoms with Crippen LogP contribution in [0.15, 0.2) is 48.5 Å². The van der Waals surface area contributed by atoms with Gasteiger partial charge in [0, 0.05) is 23.7 Å². The Kier molecular flexibility index (Phi) is 6.46. The van der Waals surface area contributed by atoms with E-state index in [1.54, 1.807) is 0 Å². The lowest BCUT2D eigenvalue weighted by molar-refractivity contribution is 0.0537. The minimum absolute atomic E-state index is 0.0467. The second-order valence-electron chi connectivity index (χ2n) is 6.07. The summed E-state index contributed by atoms with van der Waals surface area (Å²) >= 11 is 6.35. The number of hydrogen-bond donors (Lipinski definition) is 0. The summed E-state index contributed by atoms with van der Waals surface area (Å²) in [5, 5.41) is 0.745. The van der Waals surface area contributed by atoms with E-state index >= 15 is 0 Å². The predicted octanol–water partition coefficient (Wildman–Crippen LogP) is 4.26. The molecule has 2 aromatic carbocycles. The Bertz CT molecular complexity index is 616. The Labute approximate surface area is 144 Å². The van der Waals surface area contributed by atoms with Gasteiger partial charge in [-0.05, 0) is 45.8 Å². The Morgan fingerprint density at radius 3 is 2.30 bits per heavy atom. The van der Waals surface area contributed by atoms with Crippen LogP contribution in [-0.4, -0.2) is 37.2 Å². The van der Waals surface area contributed by atoms with E-state index in [-0.39, 0.29) is 6.23 Å². The average molecular weight is 333 g/mol. The van der Waals surface area contributed by atoms with Crippen molar-refractivity contribution >= 4 is 11.6 Å². The first-order valence-corrected chi connectivity index (χ1v) is 8.18. The van der Waals surface area contributed by atoms with Crippen LogP contribution in [0.1, 0.15) is 18.1 Å². The first kappa shape index (κ1) is 17.8. The average Bonchev–Trinajstić information content (AvgIpc) is 2.51. The summed E-state index contributed by atoms with van der Waals surface area (Å²) < 4.78 is 6.18. The van der Waals surface area contributed by atoms with Crippen molar-refractivity contribution in [2.24, 2.45) is 0 Å². The summed E-state index contributed by atoms with van der Waals surface area (Å²) in [5.74, 6) is 0.846. The van der Waals surface area contributed by atoms with Gasteiger partial charge in [0.25, 0.3) is 0 Å². The van der Waals surface area contributed by atoms with E-state index < -0.39 is 0 Å². The van der Waals surface area contributed by atoms with E-state index in [1.807, 2.05) is 38.4 Å². The van der Waals surface area contributed by atoms with Crippen molar-refractivity contribution in [2.75, 3.05) is 21.1 Å². The van der Waals surface area contributed by atoms with E-state index in [4.69, 9.17) is 16.3 Å². The van der Waals surface area contributed by atoms with Crippen molar-refractivity contribution in [3.8, 4) is 5.75 Å². The van der Waals surface area contributed by atoms with Gasteiger partial charge in [-0.1, -0.05) is 48.0 Å². The molecule has 0 aromatic heterocycles. The van der Waals surface area contributed by atoms with Crippen LogP contribution < -0.4 is 4.74 Å². The molecule has 124 valence electrons. The molecule has 0 heterocycles. The lowest BCUT2D eigenvalue weighted by Gasteiger charge is -2.27. The Balaban J connectivity index is 2.07. The fraction of sp³-hybridized carbons (Fsp3) is 0.368. The zero-order valence-electron chi connectivity index (χ0n) is 14.3. The second kappa shape index (κ2) is 8.34. The highest BCUT2D eigenvalue weighted by molar-refractivity contribution is 6.31. The molecule has 0 aliphatic rings. The van der Waals surface area contributed by atoms with Crippen LogP contribution in [0.4, 0.5) is 0 Å². The van der Waals surface area contributed by atoms with Gasteiger partial charge in [0.05, 0.1) is 0 Å². The van der Waals surface area contributed by atoms with Gasteiger partial charge >= 0.3 is 0 Å². The highest BCUT2D eigenvalue weighted by atomic mass is 35.5. The number of hydrogen-bond acceptors (Lipinski definition) is 3. The number of halogens is 1. The normalized spacial score (nSPS) is 12.7. The number of rotatable bonds is 7. The standard InChI is InChI=1S/C19H25ClN2O/c1-15(22(4)13-16-9-6-5-7-10-16)23-19-12-8-11-18(20)17(19)14-21(2)3/h5-12,15H,13-14H2,1-4H3. The molecule has 4 heteroatoms. The highest BCUT2D eigenvalue weighted by Crippen LogP contribution is 2.28. The molecule has 2 aromatic rings. The Morgan fingerprint density at radius 2 is 1.65 bits per heavy atom. The summed E-state index contributed by atoms with van der Waals surface area (Å²) in [6.07, 6.45) is -0.0467. The molecular weight excluding hydrogens is 308 g/mol. The van der Waals surface area contributed by atoms with Crippen molar-refractivity contribution in [3.05, 3.63) is 64.7 Å². The van der Waals surface area contributed by atoms with E-state index in [0.717, 1.165) is 29.4 Å². The molecule has 0 aliphatic heterocycles. The molecule has 0 amide bonds. The largest absolute Gasteiger partial charge is 0.475 e. The smallest absolute Gasteiger partial charge is 0.149 e. The van der Waals surface area contributed by atoms with Gasteiger partial charge in [0.1, 0.15) is 12.0 Å². The van der Waals surface area contributed by atoms with Crippen molar-refractivity contribution < 1.29 is 4.74 Å². The van der Waals surface area contributed by atoms with E-state index in [9.17, 15) is 0 Å². The second-order valence-corrected chi connectivity index (χ2v) is 6.48. The molecule has 0 aliphatic carbocycles. The topological polar surface area (TPSA) is 15.7 Å². The molecule has 0 fully saturated rings. The number of nitrogens with zero attached hydrogens (tertiary/aromatic N) is 2. The summed E-state index contributed by atoms with van der Waals surface area (Å²) in [7, 11) is 6.12. The van der Waals surface area contributed by atoms with E-state index in [0.29, 0.717) is 0 Å². The third-order valence-corrected chi connectivity index (χ3v) is 4.10. The zero-order valence-corrected chi connectivity index (χ0v) is 15.0. The molecule has 0 radical (unpaired) electrons. The van der Waals surface area contributed by atoms with Gasteiger partial charge in [0.15, 0.2) is 0 Å². The molecule has 0 saturated heterocycles. The molecule has 1 unspecified atom stereocenters. The van der Waals surface area contributed by atoms with Gasteiger partial charge in [-0.2, -0.15) is 0 Å². The van der Waals surface area contributed by atoms with Crippen LogP contribution in [0.25, 0.3) is 0 Å². The fourth-order valence-corrected chi connectivity index (χ4v) is 2.62. The quantitative estimate of drug-likeness (QED) is 0.705. The maximum atomic E-state index is 6.35. The van der Waals surface area contributed by atoms with Crippen LogP contribution in [0.3, 0.4) is 0 Å². The minimum atomic E-state index is -0.0467. The fourth-order valence-electron chi connectivity index (χ4n) is 2.39. The molecule has 0 spiro atoms. The predicted molar refractivity (Wildman–Crippen MR) is 96.8 cm³/mol. The van der Waals surface area contributed by atoms with Crippen molar-refractivity contribution in [1.29, 1.82) is 0 Å². The molecule has 23 heavy (non-hydrogen) atoms. The summed E-state index contributed by atoms with van der Waals surface area (Å²) in [5.41, 5.74) is 2.30. The lowest BCUT2D eigenvalue weighted by Crippen LogP contribution is -2.33. The lowest BCUT2D eigenvalue weighted by atomic mass is 10.2. The van der Waals surface area contributed by atoms with Gasteiger partial charge in [-0.25, -0.2) is 0 Å². The van der Waals surface area contributed by atoms with Gasteiger partial charge in [-0.15, -0.1) is 0 Å². The maximum absolute atomic E-state index is 6.35. The molecule has 3 nitrogen and oxygen atoms in total. The Morgan fingerprint density at radius 1 is 0.957 bits per heavy atom. The third kappa shape index (κ3) is 5.24. The van der Waals surface area contributed by atoms with E-state index in [1.165, 1.54) is 5.56 Å². The van der Waals surface area contributed by atoms with Crippen LogP contribution in [0.2, 0.25) is 5.02 Å². The molecular formula is C19H25ClN2O. The van der Waals surface area contributed by atoms with Gasteiger partial charge in [-0.3, -0.25) is 4.90 Å². The molecule has 1 atom stereocenters. The van der Waals surface area contributed by atoms with Gasteiger partial charge < -0.3 is 9.64 Å². The van der Waals surface area contributed by atoms with Crippen molar-refractivity contribution in [2.45, 2.75) is 26.2 Å². The highest BCUT2D eigenvalue weighted by Gasteiger charge is 2.15. The summed E-state index contributed by atoms with van der Waals surface area (Å²) in [6.45, 7) is 3.65. The summed E-state index contributed by atoms with van der Waals surface area (Å²) in [4.78, 5) is 4.27. The number of benzene rings is 2. The monoisotopic (exact) mass is 332 g/mol. The Hall–Kier alpha value is -1.55. The van der Waals surface area contributed by atoms with Crippen LogP contribution in [0, 0.1) is 0 Å². The number of ether oxygens (including phenoxy) is 1. The first-order valence-electron chi connectivity index (χ1n) is 7.80. The van der Waals surface area contributed by atoms with E-state index in [2.05, 4.69) is 48.0 Å². The van der Waals surface area contributed by atoms with Crippen molar-refractivity contribution in [1.82, 2.24) is 9.80 Å². The van der Waals surface area contributed by atoms with Crippen LogP contribution in [0.5, 0.6) is 5.75 Å². The third-order valence-electron chi connectivity index (χ3n) is 3.74. The molecule has 0 bridgehead atoms. The maximum Gasteiger partial charge on any atom is 0.149 e. The first-order chi connectivity index (χ1) is 11.0. The molecule has 2 rings (SSSR count). The van der Waals surface area contributed by atoms with Crippen LogP contribution in [-0.2, 0) is 13.1 Å². The molecule has 0 saturated carbocycles. The van der Waals surface area contributed by atoms with Crippen LogP contribution >= 0.6 is 11.6 Å². The summed E-state index contributed by atoms with van der Waals surface area (Å²) in [6, 6.07) is 16.2. The minimum Gasteiger partial charge on any atom is -0.475 e. The molecule has 0 N–H and O–H groups in total. The van der Waals surface area contributed by atoms with Crippen molar-refractivity contribution in [3.63, 3.8) is 0 Å². The van der Waals surface area contributed by atoms with Gasteiger partial charge in [0.2, 0.25) is 0 Å².